The van der Waals surface area contributed by atoms with Crippen molar-refractivity contribution < 1.29 is 4.92 Å². The molecule has 0 aliphatic heterocycles. The van der Waals surface area contributed by atoms with Crippen LogP contribution in [0.4, 0.5) is 17.5 Å². The summed E-state index contributed by atoms with van der Waals surface area (Å²) < 4.78 is 0. The van der Waals surface area contributed by atoms with Crippen molar-refractivity contribution in [1.29, 1.82) is 10.5 Å². The molecular weight excluding hydrogens is 274 g/mol. The van der Waals surface area contributed by atoms with Crippen molar-refractivity contribution in [2.24, 2.45) is 0 Å². The highest BCUT2D eigenvalue weighted by molar-refractivity contribution is 5.63. The van der Waals surface area contributed by atoms with Gasteiger partial charge in [-0.05, 0) is 13.3 Å². The van der Waals surface area contributed by atoms with E-state index in [1.54, 1.807) is 0 Å². The molecule has 110 valence electrons. The molecule has 0 saturated heterocycles. The molecule has 0 saturated carbocycles. The monoisotopic (exact) mass is 289 g/mol. The zero-order valence-electron chi connectivity index (χ0n) is 11.8. The number of nitro groups is 1. The lowest BCUT2D eigenvalue weighted by Crippen LogP contribution is -2.27. The van der Waals surface area contributed by atoms with Gasteiger partial charge in [-0.15, -0.1) is 0 Å². The van der Waals surface area contributed by atoms with Gasteiger partial charge >= 0.3 is 5.69 Å². The topological polar surface area (TPSA) is 132 Å². The maximum absolute atomic E-state index is 11.2. The number of anilines is 2. The summed E-state index contributed by atoms with van der Waals surface area (Å²) in [6.45, 7) is 3.74. The van der Waals surface area contributed by atoms with Crippen LogP contribution < -0.4 is 10.2 Å². The summed E-state index contributed by atoms with van der Waals surface area (Å²) in [5, 5.41) is 31.7. The van der Waals surface area contributed by atoms with Crippen LogP contribution in [0.1, 0.15) is 19.0 Å². The Morgan fingerprint density at radius 1 is 1.33 bits per heavy atom. The van der Waals surface area contributed by atoms with Gasteiger partial charge in [0.05, 0.1) is 17.1 Å². The largest absolute Gasteiger partial charge is 0.354 e. The summed E-state index contributed by atoms with van der Waals surface area (Å²) in [5.74, 6) is 0.227. The fourth-order valence-electron chi connectivity index (χ4n) is 1.68. The lowest BCUT2D eigenvalue weighted by atomic mass is 10.3. The van der Waals surface area contributed by atoms with Crippen molar-refractivity contribution in [2.45, 2.75) is 20.3 Å². The Bertz CT molecular complexity index is 587. The Labute approximate surface area is 122 Å². The molecule has 0 aromatic carbocycles. The van der Waals surface area contributed by atoms with Crippen LogP contribution in [0.2, 0.25) is 0 Å². The molecule has 0 amide bonds. The predicted molar refractivity (Wildman–Crippen MR) is 75.6 cm³/mol. The molecule has 1 aromatic heterocycles. The molecule has 0 atom stereocenters. The van der Waals surface area contributed by atoms with Crippen LogP contribution in [0.3, 0.4) is 0 Å². The number of hydrogen-bond donors (Lipinski definition) is 1. The SMILES string of the molecule is CCCNc1nc(C)c([N+](=O)[O-])c(N(CC#N)CC#N)n1. The average Bonchev–Trinajstić information content (AvgIpc) is 2.43. The van der Waals surface area contributed by atoms with E-state index >= 15 is 0 Å². The molecule has 1 N–H and O–H groups in total. The van der Waals surface area contributed by atoms with Crippen LogP contribution in [0.15, 0.2) is 0 Å². The van der Waals surface area contributed by atoms with Crippen molar-refractivity contribution in [2.75, 3.05) is 29.9 Å². The molecule has 1 aromatic rings. The van der Waals surface area contributed by atoms with Crippen LogP contribution >= 0.6 is 0 Å². The molecule has 0 aliphatic carbocycles. The van der Waals surface area contributed by atoms with Crippen molar-refractivity contribution >= 4 is 17.5 Å². The van der Waals surface area contributed by atoms with Gasteiger partial charge in [0.1, 0.15) is 18.8 Å². The van der Waals surface area contributed by atoms with Gasteiger partial charge in [-0.1, -0.05) is 6.92 Å². The molecule has 1 rings (SSSR count). The lowest BCUT2D eigenvalue weighted by molar-refractivity contribution is -0.385. The molecule has 0 unspecified atom stereocenters. The smallest absolute Gasteiger partial charge is 0.332 e. The van der Waals surface area contributed by atoms with E-state index < -0.39 is 4.92 Å². The van der Waals surface area contributed by atoms with Gasteiger partial charge in [-0.2, -0.15) is 15.5 Å². The maximum atomic E-state index is 11.2. The maximum Gasteiger partial charge on any atom is 0.332 e. The fraction of sp³-hybridized carbons (Fsp3) is 0.500. The van der Waals surface area contributed by atoms with E-state index in [2.05, 4.69) is 15.3 Å². The first kappa shape index (κ1) is 16.1. The van der Waals surface area contributed by atoms with E-state index in [-0.39, 0.29) is 36.2 Å². The Kier molecular flexibility index (Phi) is 5.83. The molecule has 9 nitrogen and oxygen atoms in total. The third-order valence-electron chi connectivity index (χ3n) is 2.58. The molecule has 9 heteroatoms. The van der Waals surface area contributed by atoms with Gasteiger partial charge < -0.3 is 10.2 Å². The Balaban J connectivity index is 3.35. The van der Waals surface area contributed by atoms with Gasteiger partial charge in [-0.3, -0.25) is 10.1 Å². The van der Waals surface area contributed by atoms with Crippen LogP contribution in [0, 0.1) is 39.7 Å². The minimum absolute atomic E-state index is 0.0193. The minimum atomic E-state index is -0.601. The van der Waals surface area contributed by atoms with Crippen LogP contribution in [-0.4, -0.2) is 34.5 Å². The highest BCUT2D eigenvalue weighted by Gasteiger charge is 2.26. The van der Waals surface area contributed by atoms with Gasteiger partial charge in [0.2, 0.25) is 11.8 Å². The van der Waals surface area contributed by atoms with Crippen molar-refractivity contribution in [3.8, 4) is 12.1 Å². The second kappa shape index (κ2) is 7.60. The summed E-state index contributed by atoms with van der Waals surface area (Å²) in [5.41, 5.74) is -0.105. The minimum Gasteiger partial charge on any atom is -0.354 e. The molecule has 21 heavy (non-hydrogen) atoms. The predicted octanol–water partition coefficient (Wildman–Crippen LogP) is 1.37. The zero-order valence-corrected chi connectivity index (χ0v) is 11.8. The van der Waals surface area contributed by atoms with E-state index in [1.165, 1.54) is 11.8 Å². The van der Waals surface area contributed by atoms with Crippen LogP contribution in [0.25, 0.3) is 0 Å². The molecule has 0 spiro atoms. The third-order valence-corrected chi connectivity index (χ3v) is 2.58. The lowest BCUT2D eigenvalue weighted by Gasteiger charge is -2.18. The second-order valence-corrected chi connectivity index (χ2v) is 4.16. The normalized spacial score (nSPS) is 9.52. The summed E-state index contributed by atoms with van der Waals surface area (Å²) in [4.78, 5) is 20.0. The summed E-state index contributed by atoms with van der Waals surface area (Å²) in [7, 11) is 0. The molecule has 0 aliphatic rings. The first-order valence-corrected chi connectivity index (χ1v) is 6.30. The fourth-order valence-corrected chi connectivity index (χ4v) is 1.68. The van der Waals surface area contributed by atoms with E-state index in [0.717, 1.165) is 6.42 Å². The van der Waals surface area contributed by atoms with Gasteiger partial charge in [-0.25, -0.2) is 4.98 Å². The number of rotatable bonds is 7. The Morgan fingerprint density at radius 3 is 2.43 bits per heavy atom. The Hall–Kier alpha value is -2.94. The molecular formula is C12H15N7O2. The molecule has 1 heterocycles. The number of hydrogen-bond acceptors (Lipinski definition) is 8. The van der Waals surface area contributed by atoms with E-state index in [0.29, 0.717) is 6.54 Å². The number of aromatic nitrogens is 2. The van der Waals surface area contributed by atoms with Crippen molar-refractivity contribution in [3.63, 3.8) is 0 Å². The van der Waals surface area contributed by atoms with E-state index in [9.17, 15) is 10.1 Å². The number of nitriles is 2. The first-order chi connectivity index (χ1) is 10.0. The summed E-state index contributed by atoms with van der Waals surface area (Å²) >= 11 is 0. The molecule has 0 fully saturated rings. The van der Waals surface area contributed by atoms with E-state index in [4.69, 9.17) is 10.5 Å². The zero-order chi connectivity index (χ0) is 15.8. The summed E-state index contributed by atoms with van der Waals surface area (Å²) in [6, 6.07) is 3.74. The number of aryl methyl sites for hydroxylation is 1. The van der Waals surface area contributed by atoms with Gasteiger partial charge in [0, 0.05) is 6.54 Å². The van der Waals surface area contributed by atoms with Gasteiger partial charge in [0.15, 0.2) is 0 Å². The highest BCUT2D eigenvalue weighted by Crippen LogP contribution is 2.29. The van der Waals surface area contributed by atoms with Crippen LogP contribution in [0.5, 0.6) is 0 Å². The number of nitrogens with one attached hydrogen (secondary N) is 1. The standard InChI is InChI=1S/C12H15N7O2/c1-3-6-15-12-16-9(2)10(19(20)21)11(17-12)18(7-4-13)8-5-14/h3,6-8H2,1-2H3,(H,15,16,17). The van der Waals surface area contributed by atoms with Crippen molar-refractivity contribution in [1.82, 2.24) is 9.97 Å². The Morgan fingerprint density at radius 2 is 1.95 bits per heavy atom. The van der Waals surface area contributed by atoms with E-state index in [1.807, 2.05) is 19.1 Å². The molecule has 0 radical (unpaired) electrons. The van der Waals surface area contributed by atoms with Crippen molar-refractivity contribution in [3.05, 3.63) is 15.8 Å². The first-order valence-electron chi connectivity index (χ1n) is 6.30. The highest BCUT2D eigenvalue weighted by atomic mass is 16.6. The number of nitrogens with zero attached hydrogens (tertiary/aromatic N) is 6. The average molecular weight is 289 g/mol. The van der Waals surface area contributed by atoms with Crippen LogP contribution in [-0.2, 0) is 0 Å². The third kappa shape index (κ3) is 4.01. The summed E-state index contributed by atoms with van der Waals surface area (Å²) in [6.07, 6.45) is 0.842. The van der Waals surface area contributed by atoms with Gasteiger partial charge in [0.25, 0.3) is 0 Å². The molecule has 0 bridgehead atoms. The second-order valence-electron chi connectivity index (χ2n) is 4.16. The quantitative estimate of drug-likeness (QED) is 0.452.